The SMILES string of the molecule is Cc1cc(I)ccc1NC1CCCNCC1. The van der Waals surface area contributed by atoms with Crippen LogP contribution in [-0.2, 0) is 0 Å². The van der Waals surface area contributed by atoms with Gasteiger partial charge in [0.2, 0.25) is 0 Å². The molecule has 1 unspecified atom stereocenters. The molecule has 0 amide bonds. The highest BCUT2D eigenvalue weighted by Crippen LogP contribution is 2.20. The molecule has 2 rings (SSSR count). The Bertz CT molecular complexity index is 344. The van der Waals surface area contributed by atoms with Crippen molar-refractivity contribution in [1.82, 2.24) is 5.32 Å². The number of hydrogen-bond acceptors (Lipinski definition) is 2. The van der Waals surface area contributed by atoms with Crippen molar-refractivity contribution in [2.24, 2.45) is 0 Å². The third kappa shape index (κ3) is 3.35. The predicted molar refractivity (Wildman–Crippen MR) is 78.0 cm³/mol. The summed E-state index contributed by atoms with van der Waals surface area (Å²) in [7, 11) is 0. The topological polar surface area (TPSA) is 24.1 Å². The van der Waals surface area contributed by atoms with Crippen LogP contribution in [0.5, 0.6) is 0 Å². The Kier molecular flexibility index (Phi) is 4.46. The quantitative estimate of drug-likeness (QED) is 0.814. The number of aryl methyl sites for hydroxylation is 1. The van der Waals surface area contributed by atoms with Crippen LogP contribution in [0.15, 0.2) is 18.2 Å². The Labute approximate surface area is 111 Å². The van der Waals surface area contributed by atoms with Gasteiger partial charge in [-0.25, -0.2) is 0 Å². The molecule has 1 aliphatic rings. The second-order valence-electron chi connectivity index (χ2n) is 4.48. The molecule has 1 heterocycles. The van der Waals surface area contributed by atoms with Gasteiger partial charge in [0, 0.05) is 15.3 Å². The summed E-state index contributed by atoms with van der Waals surface area (Å²) in [5.41, 5.74) is 2.65. The highest BCUT2D eigenvalue weighted by molar-refractivity contribution is 14.1. The maximum absolute atomic E-state index is 3.67. The maximum atomic E-state index is 3.67. The molecule has 1 aromatic carbocycles. The molecule has 3 heteroatoms. The molecule has 1 aliphatic heterocycles. The largest absolute Gasteiger partial charge is 0.382 e. The lowest BCUT2D eigenvalue weighted by molar-refractivity contribution is 0.637. The summed E-state index contributed by atoms with van der Waals surface area (Å²) in [5, 5.41) is 7.12. The van der Waals surface area contributed by atoms with E-state index in [2.05, 4.69) is 58.3 Å². The van der Waals surface area contributed by atoms with E-state index in [0.29, 0.717) is 6.04 Å². The van der Waals surface area contributed by atoms with Crippen LogP contribution in [0.4, 0.5) is 5.69 Å². The van der Waals surface area contributed by atoms with Crippen molar-refractivity contribution >= 4 is 28.3 Å². The third-order valence-corrected chi connectivity index (χ3v) is 3.79. The highest BCUT2D eigenvalue weighted by atomic mass is 127. The number of anilines is 1. The lowest BCUT2D eigenvalue weighted by atomic mass is 10.1. The summed E-state index contributed by atoms with van der Waals surface area (Å²) in [4.78, 5) is 0. The fraction of sp³-hybridized carbons (Fsp3) is 0.538. The summed E-state index contributed by atoms with van der Waals surface area (Å²) in [6, 6.07) is 7.24. The van der Waals surface area contributed by atoms with E-state index in [-0.39, 0.29) is 0 Å². The first-order valence-corrected chi connectivity index (χ1v) is 7.07. The van der Waals surface area contributed by atoms with Crippen molar-refractivity contribution in [2.45, 2.75) is 32.2 Å². The molecule has 0 aliphatic carbocycles. The van der Waals surface area contributed by atoms with Crippen LogP contribution in [0.1, 0.15) is 24.8 Å². The van der Waals surface area contributed by atoms with E-state index >= 15 is 0 Å². The van der Waals surface area contributed by atoms with E-state index in [0.717, 1.165) is 6.54 Å². The third-order valence-electron chi connectivity index (χ3n) is 3.12. The number of nitrogens with one attached hydrogen (secondary N) is 2. The fourth-order valence-electron chi connectivity index (χ4n) is 2.17. The van der Waals surface area contributed by atoms with Gasteiger partial charge >= 0.3 is 0 Å². The van der Waals surface area contributed by atoms with Crippen LogP contribution in [0, 0.1) is 10.5 Å². The van der Waals surface area contributed by atoms with Gasteiger partial charge in [-0.05, 0) is 85.6 Å². The van der Waals surface area contributed by atoms with Crippen molar-refractivity contribution in [3.63, 3.8) is 0 Å². The first-order chi connectivity index (χ1) is 7.75. The second-order valence-corrected chi connectivity index (χ2v) is 5.73. The van der Waals surface area contributed by atoms with Crippen molar-refractivity contribution in [3.8, 4) is 0 Å². The Morgan fingerprint density at radius 1 is 1.31 bits per heavy atom. The van der Waals surface area contributed by atoms with Crippen LogP contribution < -0.4 is 10.6 Å². The number of rotatable bonds is 2. The fourth-order valence-corrected chi connectivity index (χ4v) is 2.82. The molecule has 0 radical (unpaired) electrons. The molecular formula is C13H19IN2. The monoisotopic (exact) mass is 330 g/mol. The van der Waals surface area contributed by atoms with Gasteiger partial charge in [0.25, 0.3) is 0 Å². The summed E-state index contributed by atoms with van der Waals surface area (Å²) in [5.74, 6) is 0. The molecule has 0 bridgehead atoms. The minimum absolute atomic E-state index is 0.633. The lowest BCUT2D eigenvalue weighted by Crippen LogP contribution is -2.21. The van der Waals surface area contributed by atoms with Crippen LogP contribution in [0.25, 0.3) is 0 Å². The number of benzene rings is 1. The summed E-state index contributed by atoms with van der Waals surface area (Å²) in [6.07, 6.45) is 3.78. The average Bonchev–Trinajstić information content (AvgIpc) is 2.51. The van der Waals surface area contributed by atoms with Gasteiger partial charge in [-0.15, -0.1) is 0 Å². The van der Waals surface area contributed by atoms with Crippen LogP contribution in [-0.4, -0.2) is 19.1 Å². The molecular weight excluding hydrogens is 311 g/mol. The smallest absolute Gasteiger partial charge is 0.0372 e. The molecule has 0 saturated carbocycles. The zero-order valence-corrected chi connectivity index (χ0v) is 11.9. The van der Waals surface area contributed by atoms with Gasteiger partial charge in [-0.1, -0.05) is 0 Å². The maximum Gasteiger partial charge on any atom is 0.0372 e. The number of halogens is 1. The standard InChI is InChI=1S/C13H19IN2/c1-10-9-11(14)4-5-13(10)16-12-3-2-7-15-8-6-12/h4-5,9,12,15-16H,2-3,6-8H2,1H3. The lowest BCUT2D eigenvalue weighted by Gasteiger charge is -2.19. The summed E-state index contributed by atoms with van der Waals surface area (Å²) < 4.78 is 1.31. The van der Waals surface area contributed by atoms with E-state index in [9.17, 15) is 0 Å². The zero-order chi connectivity index (χ0) is 11.4. The first kappa shape index (κ1) is 12.2. The Hall–Kier alpha value is -0.290. The van der Waals surface area contributed by atoms with Gasteiger partial charge in [0.15, 0.2) is 0 Å². The molecule has 0 aromatic heterocycles. The van der Waals surface area contributed by atoms with Gasteiger partial charge in [-0.3, -0.25) is 0 Å². The van der Waals surface area contributed by atoms with Gasteiger partial charge in [0.05, 0.1) is 0 Å². The van der Waals surface area contributed by atoms with E-state index in [1.54, 1.807) is 0 Å². The van der Waals surface area contributed by atoms with Crippen molar-refractivity contribution < 1.29 is 0 Å². The molecule has 2 nitrogen and oxygen atoms in total. The van der Waals surface area contributed by atoms with Crippen molar-refractivity contribution in [3.05, 3.63) is 27.3 Å². The summed E-state index contributed by atoms with van der Waals surface area (Å²) >= 11 is 2.36. The van der Waals surface area contributed by atoms with Gasteiger partial charge in [0.1, 0.15) is 0 Å². The van der Waals surface area contributed by atoms with E-state index in [1.807, 2.05) is 0 Å². The minimum atomic E-state index is 0.633. The Morgan fingerprint density at radius 3 is 3.00 bits per heavy atom. The van der Waals surface area contributed by atoms with Gasteiger partial charge < -0.3 is 10.6 Å². The van der Waals surface area contributed by atoms with Crippen molar-refractivity contribution in [1.29, 1.82) is 0 Å². The molecule has 0 spiro atoms. The molecule has 1 fully saturated rings. The molecule has 16 heavy (non-hydrogen) atoms. The molecule has 88 valence electrons. The normalized spacial score (nSPS) is 21.5. The Balaban J connectivity index is 2.01. The second kappa shape index (κ2) is 5.87. The van der Waals surface area contributed by atoms with Crippen LogP contribution in [0.3, 0.4) is 0 Å². The first-order valence-electron chi connectivity index (χ1n) is 5.99. The molecule has 2 N–H and O–H groups in total. The van der Waals surface area contributed by atoms with Crippen LogP contribution >= 0.6 is 22.6 Å². The average molecular weight is 330 g/mol. The molecule has 1 saturated heterocycles. The Morgan fingerprint density at radius 2 is 2.19 bits per heavy atom. The number of hydrogen-bond donors (Lipinski definition) is 2. The van der Waals surface area contributed by atoms with Gasteiger partial charge in [-0.2, -0.15) is 0 Å². The minimum Gasteiger partial charge on any atom is -0.382 e. The molecule has 1 atom stereocenters. The molecule has 1 aromatic rings. The van der Waals surface area contributed by atoms with Crippen molar-refractivity contribution in [2.75, 3.05) is 18.4 Å². The van der Waals surface area contributed by atoms with Crippen LogP contribution in [0.2, 0.25) is 0 Å². The van der Waals surface area contributed by atoms with E-state index in [1.165, 1.54) is 40.6 Å². The highest BCUT2D eigenvalue weighted by Gasteiger charge is 2.12. The predicted octanol–water partition coefficient (Wildman–Crippen LogP) is 3.15. The zero-order valence-electron chi connectivity index (χ0n) is 9.72. The summed E-state index contributed by atoms with van der Waals surface area (Å²) in [6.45, 7) is 4.49. The van der Waals surface area contributed by atoms with E-state index < -0.39 is 0 Å². The van der Waals surface area contributed by atoms with E-state index in [4.69, 9.17) is 0 Å².